The van der Waals surface area contributed by atoms with E-state index in [1.54, 1.807) is 0 Å². The molecule has 1 saturated heterocycles. The zero-order valence-corrected chi connectivity index (χ0v) is 16.1. The summed E-state index contributed by atoms with van der Waals surface area (Å²) >= 11 is 0. The third-order valence-electron chi connectivity index (χ3n) is 6.75. The van der Waals surface area contributed by atoms with Crippen molar-refractivity contribution in [2.45, 2.75) is 44.7 Å². The Morgan fingerprint density at radius 3 is 2.58 bits per heavy atom. The minimum Gasteiger partial charge on any atom is -0.325 e. The lowest BCUT2D eigenvalue weighted by molar-refractivity contribution is -0.00676. The van der Waals surface area contributed by atoms with Crippen molar-refractivity contribution < 1.29 is 0 Å². The molecule has 5 rings (SSSR count). The van der Waals surface area contributed by atoms with Gasteiger partial charge in [-0.1, -0.05) is 6.92 Å². The van der Waals surface area contributed by atoms with Crippen LogP contribution in [0, 0.1) is 5.92 Å². The first-order valence-corrected chi connectivity index (χ1v) is 10.2. The van der Waals surface area contributed by atoms with Gasteiger partial charge in [0.05, 0.1) is 23.6 Å². The largest absolute Gasteiger partial charge is 0.325 e. The van der Waals surface area contributed by atoms with Gasteiger partial charge in [0.15, 0.2) is 0 Å². The number of fused-ring (bicyclic) bond motifs is 2. The molecule has 3 aliphatic rings. The fourth-order valence-electron chi connectivity index (χ4n) is 5.11. The minimum atomic E-state index is 0.119. The standard InChI is InChI=1S/C20H30N6/c1-3-25-10-11-26-18(17-12-22-23(2)15-17)13-21-19(26)20(25)6-8-24(9-7-20)14-16-4-5-16/h12-13,15-16H,3-11,14H2,1-2H3. The van der Waals surface area contributed by atoms with Crippen molar-refractivity contribution >= 4 is 0 Å². The molecule has 0 unspecified atom stereocenters. The molecular weight excluding hydrogens is 324 g/mol. The van der Waals surface area contributed by atoms with Gasteiger partial charge in [-0.2, -0.15) is 5.10 Å². The Balaban J connectivity index is 1.46. The number of aryl methyl sites for hydroxylation is 1. The quantitative estimate of drug-likeness (QED) is 0.845. The van der Waals surface area contributed by atoms with Crippen LogP contribution in [0.4, 0.5) is 0 Å². The van der Waals surface area contributed by atoms with E-state index in [9.17, 15) is 0 Å². The van der Waals surface area contributed by atoms with Gasteiger partial charge in [-0.25, -0.2) is 4.98 Å². The number of imidazole rings is 1. The molecule has 0 aromatic carbocycles. The van der Waals surface area contributed by atoms with Crippen LogP contribution in [-0.4, -0.2) is 61.9 Å². The van der Waals surface area contributed by atoms with Crippen LogP contribution in [0.25, 0.3) is 11.3 Å². The van der Waals surface area contributed by atoms with Crippen LogP contribution in [0.5, 0.6) is 0 Å². The summed E-state index contributed by atoms with van der Waals surface area (Å²) in [6.45, 7) is 9.30. The first-order chi connectivity index (χ1) is 12.7. The van der Waals surface area contributed by atoms with Gasteiger partial charge in [0.25, 0.3) is 0 Å². The number of hydrogen-bond donors (Lipinski definition) is 0. The van der Waals surface area contributed by atoms with Crippen molar-refractivity contribution in [2.24, 2.45) is 13.0 Å². The molecule has 0 N–H and O–H groups in total. The first kappa shape index (κ1) is 16.5. The van der Waals surface area contributed by atoms with Crippen molar-refractivity contribution in [3.05, 3.63) is 24.4 Å². The molecule has 2 aromatic heterocycles. The van der Waals surface area contributed by atoms with E-state index in [1.807, 2.05) is 17.9 Å². The van der Waals surface area contributed by atoms with Crippen LogP contribution >= 0.6 is 0 Å². The molecule has 1 spiro atoms. The molecule has 1 saturated carbocycles. The number of likely N-dealkylation sites (N-methyl/N-ethyl adjacent to an activating group) is 1. The number of likely N-dealkylation sites (tertiary alicyclic amines) is 1. The number of piperidine rings is 1. The highest BCUT2D eigenvalue weighted by Crippen LogP contribution is 2.43. The zero-order chi connectivity index (χ0) is 17.7. The van der Waals surface area contributed by atoms with Crippen molar-refractivity contribution in [1.82, 2.24) is 29.1 Å². The Bertz CT molecular complexity index is 778. The summed E-state index contributed by atoms with van der Waals surface area (Å²) in [4.78, 5) is 10.4. The van der Waals surface area contributed by atoms with Crippen molar-refractivity contribution in [3.8, 4) is 11.3 Å². The Hall–Kier alpha value is -1.66. The molecular formula is C20H30N6. The van der Waals surface area contributed by atoms with Crippen molar-refractivity contribution in [3.63, 3.8) is 0 Å². The molecule has 6 nitrogen and oxygen atoms in total. The van der Waals surface area contributed by atoms with Crippen LogP contribution in [0.1, 0.15) is 38.4 Å². The van der Waals surface area contributed by atoms with Crippen molar-refractivity contribution in [1.29, 1.82) is 0 Å². The molecule has 2 fully saturated rings. The van der Waals surface area contributed by atoms with E-state index in [1.165, 1.54) is 62.4 Å². The van der Waals surface area contributed by atoms with Crippen LogP contribution < -0.4 is 0 Å². The average Bonchev–Trinajstić information content (AvgIpc) is 3.18. The fourth-order valence-corrected chi connectivity index (χ4v) is 5.11. The van der Waals surface area contributed by atoms with Crippen LogP contribution in [-0.2, 0) is 19.1 Å². The topological polar surface area (TPSA) is 42.1 Å². The van der Waals surface area contributed by atoms with E-state index < -0.39 is 0 Å². The summed E-state index contributed by atoms with van der Waals surface area (Å²) in [5.41, 5.74) is 2.52. The normalized spacial score (nSPS) is 23.5. The van der Waals surface area contributed by atoms with E-state index in [-0.39, 0.29) is 5.54 Å². The summed E-state index contributed by atoms with van der Waals surface area (Å²) in [5.74, 6) is 2.27. The number of nitrogens with zero attached hydrogens (tertiary/aromatic N) is 6. The maximum Gasteiger partial charge on any atom is 0.129 e. The van der Waals surface area contributed by atoms with E-state index in [4.69, 9.17) is 4.98 Å². The highest BCUT2D eigenvalue weighted by molar-refractivity contribution is 5.57. The minimum absolute atomic E-state index is 0.119. The van der Waals surface area contributed by atoms with Crippen LogP contribution in [0.15, 0.2) is 18.6 Å². The number of hydrogen-bond acceptors (Lipinski definition) is 4. The first-order valence-electron chi connectivity index (χ1n) is 10.2. The van der Waals surface area contributed by atoms with Gasteiger partial charge in [-0.15, -0.1) is 0 Å². The molecule has 4 heterocycles. The summed E-state index contributed by atoms with van der Waals surface area (Å²) in [6, 6.07) is 0. The van der Waals surface area contributed by atoms with Crippen LogP contribution in [0.2, 0.25) is 0 Å². The molecule has 2 aliphatic heterocycles. The third-order valence-corrected chi connectivity index (χ3v) is 6.75. The van der Waals surface area contributed by atoms with Gasteiger partial charge in [0, 0.05) is 51.5 Å². The SMILES string of the molecule is CCN1CCn2c(-c3cnn(C)c3)cnc2C12CCN(CC1CC1)CC2. The summed E-state index contributed by atoms with van der Waals surface area (Å²) in [6.07, 6.45) is 11.4. The molecule has 0 bridgehead atoms. The molecule has 0 radical (unpaired) electrons. The monoisotopic (exact) mass is 354 g/mol. The van der Waals surface area contributed by atoms with E-state index in [0.29, 0.717) is 0 Å². The summed E-state index contributed by atoms with van der Waals surface area (Å²) < 4.78 is 4.35. The van der Waals surface area contributed by atoms with Crippen LogP contribution in [0.3, 0.4) is 0 Å². The molecule has 0 amide bonds. The molecule has 1 aliphatic carbocycles. The van der Waals surface area contributed by atoms with E-state index >= 15 is 0 Å². The highest BCUT2D eigenvalue weighted by atomic mass is 15.3. The van der Waals surface area contributed by atoms with E-state index in [2.05, 4.69) is 38.8 Å². The number of aromatic nitrogens is 4. The maximum absolute atomic E-state index is 4.98. The van der Waals surface area contributed by atoms with Gasteiger partial charge in [0.1, 0.15) is 5.82 Å². The molecule has 0 atom stereocenters. The molecule has 26 heavy (non-hydrogen) atoms. The van der Waals surface area contributed by atoms with Gasteiger partial charge >= 0.3 is 0 Å². The smallest absolute Gasteiger partial charge is 0.129 e. The Labute approximate surface area is 155 Å². The Kier molecular flexibility index (Phi) is 3.94. The summed E-state index contributed by atoms with van der Waals surface area (Å²) in [7, 11) is 1.98. The lowest BCUT2D eigenvalue weighted by Gasteiger charge is -2.51. The molecule has 140 valence electrons. The maximum atomic E-state index is 4.98. The van der Waals surface area contributed by atoms with E-state index in [0.717, 1.165) is 25.6 Å². The van der Waals surface area contributed by atoms with Gasteiger partial charge in [-0.05, 0) is 38.1 Å². The lowest BCUT2D eigenvalue weighted by Crippen LogP contribution is -2.57. The lowest BCUT2D eigenvalue weighted by atomic mass is 9.83. The van der Waals surface area contributed by atoms with Crippen molar-refractivity contribution in [2.75, 3.05) is 32.7 Å². The molecule has 2 aromatic rings. The average molecular weight is 355 g/mol. The predicted octanol–water partition coefficient (Wildman–Crippen LogP) is 2.32. The predicted molar refractivity (Wildman–Crippen MR) is 102 cm³/mol. The highest BCUT2D eigenvalue weighted by Gasteiger charge is 2.47. The number of rotatable bonds is 4. The van der Waals surface area contributed by atoms with Gasteiger partial charge in [0.2, 0.25) is 0 Å². The Morgan fingerprint density at radius 2 is 1.92 bits per heavy atom. The van der Waals surface area contributed by atoms with Gasteiger partial charge < -0.3 is 9.47 Å². The molecule has 6 heteroatoms. The summed E-state index contributed by atoms with van der Waals surface area (Å²) in [5, 5.41) is 4.36. The van der Waals surface area contributed by atoms with Gasteiger partial charge in [-0.3, -0.25) is 9.58 Å². The second-order valence-electron chi connectivity index (χ2n) is 8.38. The second kappa shape index (κ2) is 6.20. The third kappa shape index (κ3) is 2.62. The Morgan fingerprint density at radius 1 is 1.12 bits per heavy atom. The zero-order valence-electron chi connectivity index (χ0n) is 16.1. The fraction of sp³-hybridized carbons (Fsp3) is 0.700. The second-order valence-corrected chi connectivity index (χ2v) is 8.38.